The Balaban J connectivity index is 0.000000420. The molecule has 1 saturated heterocycles. The number of nitrogens with zero attached hydrogens (tertiary/aromatic N) is 6. The van der Waals surface area contributed by atoms with Crippen LogP contribution in [0.4, 0.5) is 5.69 Å². The van der Waals surface area contributed by atoms with Gasteiger partial charge in [-0.05, 0) is 19.2 Å². The van der Waals surface area contributed by atoms with E-state index in [2.05, 4.69) is 43.7 Å². The first-order valence-corrected chi connectivity index (χ1v) is 9.75. The number of carboxylic acids is 1. The summed E-state index contributed by atoms with van der Waals surface area (Å²) in [7, 11) is 2.10. The van der Waals surface area contributed by atoms with E-state index in [9.17, 15) is 9.59 Å². The van der Waals surface area contributed by atoms with Crippen molar-refractivity contribution >= 4 is 17.8 Å². The van der Waals surface area contributed by atoms with Crippen LogP contribution in [0, 0.1) is 0 Å². The Labute approximate surface area is 188 Å². The molecule has 0 atom stereocenters. The molecule has 0 aliphatic carbocycles. The number of para-hydroxylation sites is 1. The number of hydrogen-bond donors (Lipinski definition) is 2. The quantitative estimate of drug-likeness (QED) is 0.532. The van der Waals surface area contributed by atoms with Crippen LogP contribution in [0.5, 0.6) is 0 Å². The SMILES string of the molecule is C=CC(=O)O.CN1CCN(c2cc(=O)n(-c3ccccc3)nc2-c2ncn[nH]2)CC1.O=C=O. The van der Waals surface area contributed by atoms with Crippen LogP contribution in [0.2, 0.25) is 0 Å². The van der Waals surface area contributed by atoms with Gasteiger partial charge in [0, 0.05) is 38.3 Å². The molecule has 3 aromatic rings. The van der Waals surface area contributed by atoms with Crippen LogP contribution in [0.25, 0.3) is 17.2 Å². The average Bonchev–Trinajstić information content (AvgIpc) is 3.36. The van der Waals surface area contributed by atoms with Crippen molar-refractivity contribution in [3.05, 3.63) is 65.7 Å². The third kappa shape index (κ3) is 7.06. The summed E-state index contributed by atoms with van der Waals surface area (Å²) in [4.78, 5) is 46.9. The Hall–Kier alpha value is -4.41. The van der Waals surface area contributed by atoms with E-state index in [1.54, 1.807) is 6.07 Å². The molecule has 1 aliphatic rings. The normalized spacial score (nSPS) is 12.9. The minimum atomic E-state index is -0.981. The van der Waals surface area contributed by atoms with Gasteiger partial charge >= 0.3 is 12.1 Å². The fourth-order valence-electron chi connectivity index (χ4n) is 2.98. The number of piperazine rings is 1. The molecule has 0 spiro atoms. The maximum atomic E-state index is 12.7. The second kappa shape index (κ2) is 12.4. The third-order valence-corrected chi connectivity index (χ3v) is 4.57. The van der Waals surface area contributed by atoms with Crippen LogP contribution in [0.3, 0.4) is 0 Å². The molecule has 0 bridgehead atoms. The molecule has 2 aromatic heterocycles. The van der Waals surface area contributed by atoms with E-state index in [1.165, 1.54) is 11.0 Å². The van der Waals surface area contributed by atoms with Crippen molar-refractivity contribution in [2.75, 3.05) is 38.1 Å². The molecule has 0 unspecified atom stereocenters. The molecule has 172 valence electrons. The number of hydrogen-bond acceptors (Lipinski definition) is 9. The number of aromatic amines is 1. The van der Waals surface area contributed by atoms with Crippen molar-refractivity contribution in [1.82, 2.24) is 29.9 Å². The lowest BCUT2D eigenvalue weighted by molar-refractivity contribution is -0.191. The Bertz CT molecular complexity index is 1130. The molecule has 12 heteroatoms. The van der Waals surface area contributed by atoms with Gasteiger partial charge in [0.05, 0.1) is 11.4 Å². The highest BCUT2D eigenvalue weighted by molar-refractivity contribution is 5.78. The first-order valence-electron chi connectivity index (χ1n) is 9.75. The van der Waals surface area contributed by atoms with Crippen molar-refractivity contribution in [3.63, 3.8) is 0 Å². The van der Waals surface area contributed by atoms with Crippen LogP contribution in [-0.4, -0.2) is 80.3 Å². The Morgan fingerprint density at radius 2 is 1.79 bits per heavy atom. The number of carbonyl (C=O) groups excluding carboxylic acids is 2. The number of H-pyrrole nitrogens is 1. The van der Waals surface area contributed by atoms with Gasteiger partial charge in [-0.15, -0.1) is 0 Å². The maximum Gasteiger partial charge on any atom is 0.373 e. The summed E-state index contributed by atoms with van der Waals surface area (Å²) in [6, 6.07) is 11.0. The van der Waals surface area contributed by atoms with E-state index >= 15 is 0 Å². The van der Waals surface area contributed by atoms with Gasteiger partial charge < -0.3 is 14.9 Å². The molecular formula is C21H23N7O5. The Morgan fingerprint density at radius 1 is 1.18 bits per heavy atom. The summed E-state index contributed by atoms with van der Waals surface area (Å²) >= 11 is 0. The van der Waals surface area contributed by atoms with Gasteiger partial charge in [0.15, 0.2) is 11.5 Å². The third-order valence-electron chi connectivity index (χ3n) is 4.57. The van der Waals surface area contributed by atoms with Gasteiger partial charge in [-0.2, -0.15) is 24.5 Å². The van der Waals surface area contributed by atoms with E-state index in [0.29, 0.717) is 11.5 Å². The first-order chi connectivity index (χ1) is 15.9. The number of nitrogens with one attached hydrogen (secondary N) is 1. The first kappa shape index (κ1) is 24.9. The average molecular weight is 453 g/mol. The maximum absolute atomic E-state index is 12.7. The summed E-state index contributed by atoms with van der Waals surface area (Å²) in [6.07, 6.45) is 2.53. The van der Waals surface area contributed by atoms with Gasteiger partial charge in [0.25, 0.3) is 5.56 Å². The molecular weight excluding hydrogens is 430 g/mol. The van der Waals surface area contributed by atoms with E-state index in [4.69, 9.17) is 14.7 Å². The highest BCUT2D eigenvalue weighted by atomic mass is 16.4. The molecule has 0 radical (unpaired) electrons. The highest BCUT2D eigenvalue weighted by Gasteiger charge is 2.22. The molecule has 1 fully saturated rings. The van der Waals surface area contributed by atoms with Gasteiger partial charge in [0.1, 0.15) is 6.33 Å². The lowest BCUT2D eigenvalue weighted by atomic mass is 10.2. The van der Waals surface area contributed by atoms with Crippen molar-refractivity contribution in [2.24, 2.45) is 0 Å². The summed E-state index contributed by atoms with van der Waals surface area (Å²) in [5.74, 6) is -0.427. The summed E-state index contributed by atoms with van der Waals surface area (Å²) in [5.41, 5.74) is 1.98. The van der Waals surface area contributed by atoms with Crippen LogP contribution in [0.15, 0.2) is 60.2 Å². The lowest BCUT2D eigenvalue weighted by Crippen LogP contribution is -2.45. The Kier molecular flexibility index (Phi) is 9.37. The van der Waals surface area contributed by atoms with Crippen molar-refractivity contribution in [2.45, 2.75) is 0 Å². The zero-order valence-corrected chi connectivity index (χ0v) is 17.9. The molecule has 1 aliphatic heterocycles. The second-order valence-electron chi connectivity index (χ2n) is 6.71. The van der Waals surface area contributed by atoms with Gasteiger partial charge in [-0.25, -0.2) is 9.78 Å². The van der Waals surface area contributed by atoms with Crippen LogP contribution >= 0.6 is 0 Å². The standard InChI is InChI=1S/C17H19N7O.C3H4O2.CO2/c1-22-7-9-23(10-8-22)14-11-15(25)24(13-5-3-2-4-6-13)21-16(14)17-18-12-19-20-17;1-2-3(4)5;2-1-3/h2-6,11-12H,7-10H2,1H3,(H,18,19,20);2H,1H2,(H,4,5);. The predicted octanol–water partition coefficient (Wildman–Crippen LogP) is 0.443. The summed E-state index contributed by atoms with van der Waals surface area (Å²) < 4.78 is 1.40. The highest BCUT2D eigenvalue weighted by Crippen LogP contribution is 2.26. The molecule has 0 saturated carbocycles. The molecule has 33 heavy (non-hydrogen) atoms. The summed E-state index contributed by atoms with van der Waals surface area (Å²) in [5, 5.41) is 19.0. The van der Waals surface area contributed by atoms with Gasteiger partial charge in [0.2, 0.25) is 0 Å². The Morgan fingerprint density at radius 3 is 2.30 bits per heavy atom. The topological polar surface area (TPSA) is 154 Å². The monoisotopic (exact) mass is 453 g/mol. The second-order valence-corrected chi connectivity index (χ2v) is 6.71. The smallest absolute Gasteiger partial charge is 0.373 e. The lowest BCUT2D eigenvalue weighted by Gasteiger charge is -2.34. The zero-order valence-electron chi connectivity index (χ0n) is 17.9. The predicted molar refractivity (Wildman–Crippen MR) is 118 cm³/mol. The minimum Gasteiger partial charge on any atom is -0.478 e. The fourth-order valence-corrected chi connectivity index (χ4v) is 2.98. The van der Waals surface area contributed by atoms with E-state index in [1.807, 2.05) is 30.3 Å². The number of likely N-dealkylation sites (N-methyl/N-ethyl adjacent to an activating group) is 1. The number of aromatic nitrogens is 5. The number of aliphatic carboxylic acids is 1. The largest absolute Gasteiger partial charge is 0.478 e. The number of rotatable bonds is 4. The van der Waals surface area contributed by atoms with Crippen LogP contribution < -0.4 is 10.5 Å². The number of carbonyl (C=O) groups is 1. The van der Waals surface area contributed by atoms with Crippen LogP contribution in [0.1, 0.15) is 0 Å². The van der Waals surface area contributed by atoms with Gasteiger partial charge in [-0.3, -0.25) is 9.89 Å². The van der Waals surface area contributed by atoms with E-state index in [-0.39, 0.29) is 11.7 Å². The number of anilines is 1. The molecule has 1 aromatic carbocycles. The fraction of sp³-hybridized carbons (Fsp3) is 0.238. The number of benzene rings is 1. The minimum absolute atomic E-state index is 0.164. The van der Waals surface area contributed by atoms with Crippen LogP contribution in [-0.2, 0) is 14.4 Å². The van der Waals surface area contributed by atoms with Crippen molar-refractivity contribution < 1.29 is 19.5 Å². The number of carboxylic acid groups (broad SMARTS) is 1. The van der Waals surface area contributed by atoms with Crippen molar-refractivity contribution in [3.8, 4) is 17.2 Å². The molecule has 12 nitrogen and oxygen atoms in total. The molecule has 0 amide bonds. The summed E-state index contributed by atoms with van der Waals surface area (Å²) in [6.45, 7) is 6.53. The molecule has 4 rings (SSSR count). The van der Waals surface area contributed by atoms with Gasteiger partial charge in [-0.1, -0.05) is 24.8 Å². The van der Waals surface area contributed by atoms with E-state index < -0.39 is 5.97 Å². The molecule has 2 N–H and O–H groups in total. The molecule has 3 heterocycles. The van der Waals surface area contributed by atoms with E-state index in [0.717, 1.165) is 43.6 Å². The van der Waals surface area contributed by atoms with Crippen molar-refractivity contribution in [1.29, 1.82) is 0 Å². The zero-order chi connectivity index (χ0) is 24.2.